The van der Waals surface area contributed by atoms with Crippen molar-refractivity contribution in [3.63, 3.8) is 0 Å². The molecule has 1 heterocycles. The van der Waals surface area contributed by atoms with Crippen LogP contribution in [0.2, 0.25) is 0 Å². The van der Waals surface area contributed by atoms with Gasteiger partial charge in [-0.05, 0) is 31.0 Å². The summed E-state index contributed by atoms with van der Waals surface area (Å²) < 4.78 is 5.41. The number of hydrogen-bond donors (Lipinski definition) is 1. The van der Waals surface area contributed by atoms with Gasteiger partial charge in [-0.3, -0.25) is 9.59 Å². The molecule has 1 saturated carbocycles. The monoisotopic (exact) mass is 348 g/mol. The van der Waals surface area contributed by atoms with Crippen molar-refractivity contribution in [3.05, 3.63) is 76.1 Å². The third-order valence-corrected chi connectivity index (χ3v) is 4.80. The van der Waals surface area contributed by atoms with Crippen LogP contribution in [0, 0.1) is 0 Å². The van der Waals surface area contributed by atoms with E-state index in [1.165, 1.54) is 6.20 Å². The van der Waals surface area contributed by atoms with Crippen LogP contribution >= 0.6 is 0 Å². The minimum atomic E-state index is -0.231. The van der Waals surface area contributed by atoms with Crippen LogP contribution in [0.1, 0.15) is 28.8 Å². The summed E-state index contributed by atoms with van der Waals surface area (Å²) >= 11 is 0. The lowest BCUT2D eigenvalue weighted by Crippen LogP contribution is -2.35. The summed E-state index contributed by atoms with van der Waals surface area (Å²) in [5, 5.41) is 0.534. The van der Waals surface area contributed by atoms with Gasteiger partial charge in [0.25, 0.3) is 5.91 Å². The van der Waals surface area contributed by atoms with Crippen molar-refractivity contribution in [1.82, 2.24) is 9.88 Å². The number of methoxy groups -OCH3 is 1. The molecule has 3 aromatic rings. The molecule has 26 heavy (non-hydrogen) atoms. The lowest BCUT2D eigenvalue weighted by molar-refractivity contribution is 0.0727. The fraction of sp³-hybridized carbons (Fsp3) is 0.238. The number of nitrogens with zero attached hydrogens (tertiary/aromatic N) is 1. The summed E-state index contributed by atoms with van der Waals surface area (Å²) in [6.45, 7) is 0.430. The number of pyridine rings is 1. The maximum absolute atomic E-state index is 13.2. The average molecular weight is 348 g/mol. The topological polar surface area (TPSA) is 62.4 Å². The molecule has 0 bridgehead atoms. The summed E-state index contributed by atoms with van der Waals surface area (Å²) in [6.07, 6.45) is 3.46. The molecular weight excluding hydrogens is 328 g/mol. The molecule has 0 saturated heterocycles. The Hall–Kier alpha value is -3.08. The van der Waals surface area contributed by atoms with Gasteiger partial charge in [0.1, 0.15) is 11.3 Å². The highest BCUT2D eigenvalue weighted by Gasteiger charge is 2.34. The van der Waals surface area contributed by atoms with Crippen LogP contribution in [0.3, 0.4) is 0 Å². The SMILES string of the molecule is COc1ccccc1CN(C(=O)c1c[nH]c2ccccc2c1=O)C1CC1. The van der Waals surface area contributed by atoms with E-state index in [2.05, 4.69) is 4.98 Å². The molecule has 5 heteroatoms. The van der Waals surface area contributed by atoms with Crippen LogP contribution < -0.4 is 10.2 Å². The number of para-hydroxylation sites is 2. The molecule has 1 aliphatic carbocycles. The molecule has 1 aliphatic rings. The highest BCUT2D eigenvalue weighted by molar-refractivity contribution is 5.97. The average Bonchev–Trinajstić information content (AvgIpc) is 3.51. The van der Waals surface area contributed by atoms with Crippen molar-refractivity contribution in [3.8, 4) is 5.75 Å². The third kappa shape index (κ3) is 2.96. The zero-order valence-corrected chi connectivity index (χ0v) is 14.6. The van der Waals surface area contributed by atoms with Crippen molar-refractivity contribution in [2.75, 3.05) is 7.11 Å². The van der Waals surface area contributed by atoms with E-state index in [0.717, 1.165) is 29.7 Å². The minimum absolute atomic E-state index is 0.179. The first-order valence-electron chi connectivity index (χ1n) is 8.72. The molecule has 1 amide bonds. The fourth-order valence-electron chi connectivity index (χ4n) is 3.25. The molecule has 1 fully saturated rings. The molecule has 4 rings (SSSR count). The number of ether oxygens (including phenoxy) is 1. The van der Waals surface area contributed by atoms with Crippen molar-refractivity contribution >= 4 is 16.8 Å². The Morgan fingerprint density at radius 1 is 1.15 bits per heavy atom. The van der Waals surface area contributed by atoms with E-state index in [1.54, 1.807) is 24.1 Å². The van der Waals surface area contributed by atoms with Gasteiger partial charge in [0.05, 0.1) is 7.11 Å². The summed E-state index contributed by atoms with van der Waals surface area (Å²) in [4.78, 5) is 30.8. The van der Waals surface area contributed by atoms with E-state index in [9.17, 15) is 9.59 Å². The molecule has 0 atom stereocenters. The van der Waals surface area contributed by atoms with E-state index in [1.807, 2.05) is 36.4 Å². The van der Waals surface area contributed by atoms with Gasteiger partial charge in [-0.25, -0.2) is 0 Å². The Morgan fingerprint density at radius 2 is 1.88 bits per heavy atom. The van der Waals surface area contributed by atoms with Crippen molar-refractivity contribution in [2.45, 2.75) is 25.4 Å². The standard InChI is InChI=1S/C21H20N2O3/c1-26-19-9-5-2-6-14(19)13-23(15-10-11-15)21(25)17-12-22-18-8-4-3-7-16(18)20(17)24/h2-9,12,15H,10-11,13H2,1H3,(H,22,24). The second-order valence-corrected chi connectivity index (χ2v) is 6.55. The van der Waals surface area contributed by atoms with Crippen LogP contribution in [0.5, 0.6) is 5.75 Å². The Balaban J connectivity index is 1.71. The zero-order chi connectivity index (χ0) is 18.1. The number of hydrogen-bond acceptors (Lipinski definition) is 3. The van der Waals surface area contributed by atoms with Gasteiger partial charge in [-0.15, -0.1) is 0 Å². The molecule has 0 radical (unpaired) electrons. The lowest BCUT2D eigenvalue weighted by atomic mass is 10.1. The van der Waals surface area contributed by atoms with Crippen LogP contribution in [0.4, 0.5) is 0 Å². The molecule has 0 unspecified atom stereocenters. The summed E-state index contributed by atoms with van der Waals surface area (Å²) in [5.74, 6) is 0.517. The molecule has 5 nitrogen and oxygen atoms in total. The van der Waals surface area contributed by atoms with Gasteiger partial charge in [0.15, 0.2) is 0 Å². The number of aromatic nitrogens is 1. The number of carbonyl (C=O) groups is 1. The maximum Gasteiger partial charge on any atom is 0.259 e. The summed E-state index contributed by atoms with van der Waals surface area (Å²) in [5.41, 5.74) is 1.63. The predicted octanol–water partition coefficient (Wildman–Crippen LogP) is 3.34. The Labute approximate surface area is 151 Å². The number of nitrogens with one attached hydrogen (secondary N) is 1. The highest BCUT2D eigenvalue weighted by Crippen LogP contribution is 2.31. The Bertz CT molecular complexity index is 1020. The smallest absolute Gasteiger partial charge is 0.259 e. The first-order valence-corrected chi connectivity index (χ1v) is 8.72. The number of amides is 1. The minimum Gasteiger partial charge on any atom is -0.496 e. The van der Waals surface area contributed by atoms with Gasteiger partial charge in [-0.1, -0.05) is 30.3 Å². The molecule has 1 aromatic heterocycles. The third-order valence-electron chi connectivity index (χ3n) is 4.80. The van der Waals surface area contributed by atoms with Crippen molar-refractivity contribution in [2.24, 2.45) is 0 Å². The first-order chi connectivity index (χ1) is 12.7. The van der Waals surface area contributed by atoms with Crippen LogP contribution in [0.25, 0.3) is 10.9 Å². The molecule has 1 N–H and O–H groups in total. The first kappa shape index (κ1) is 16.4. The summed E-state index contributed by atoms with van der Waals surface area (Å²) in [7, 11) is 1.62. The number of aromatic amines is 1. The lowest BCUT2D eigenvalue weighted by Gasteiger charge is -2.23. The Morgan fingerprint density at radius 3 is 2.65 bits per heavy atom. The number of H-pyrrole nitrogens is 1. The molecule has 0 aliphatic heterocycles. The number of fused-ring (bicyclic) bond motifs is 1. The van der Waals surface area contributed by atoms with Crippen molar-refractivity contribution in [1.29, 1.82) is 0 Å². The van der Waals surface area contributed by atoms with Gasteiger partial charge in [0.2, 0.25) is 5.43 Å². The van der Waals surface area contributed by atoms with Gasteiger partial charge in [-0.2, -0.15) is 0 Å². The van der Waals surface area contributed by atoms with Gasteiger partial charge >= 0.3 is 0 Å². The van der Waals surface area contributed by atoms with Gasteiger partial charge < -0.3 is 14.6 Å². The van der Waals surface area contributed by atoms with Crippen LogP contribution in [-0.4, -0.2) is 28.9 Å². The molecule has 132 valence electrons. The zero-order valence-electron chi connectivity index (χ0n) is 14.6. The molecule has 0 spiro atoms. The second-order valence-electron chi connectivity index (χ2n) is 6.55. The van der Waals surface area contributed by atoms with E-state index in [4.69, 9.17) is 4.74 Å². The van der Waals surface area contributed by atoms with Crippen LogP contribution in [0.15, 0.2) is 59.5 Å². The quantitative estimate of drug-likeness (QED) is 0.769. The van der Waals surface area contributed by atoms with E-state index < -0.39 is 0 Å². The second kappa shape index (κ2) is 6.67. The molecule has 2 aromatic carbocycles. The maximum atomic E-state index is 13.2. The van der Waals surface area contributed by atoms with E-state index in [0.29, 0.717) is 11.9 Å². The number of carbonyl (C=O) groups excluding carboxylic acids is 1. The Kier molecular flexibility index (Phi) is 4.21. The highest BCUT2D eigenvalue weighted by atomic mass is 16.5. The van der Waals surface area contributed by atoms with Gasteiger partial charge in [0, 0.05) is 35.2 Å². The number of benzene rings is 2. The normalized spacial score (nSPS) is 13.6. The van der Waals surface area contributed by atoms with E-state index >= 15 is 0 Å². The van der Waals surface area contributed by atoms with E-state index in [-0.39, 0.29) is 22.9 Å². The summed E-state index contributed by atoms with van der Waals surface area (Å²) in [6, 6.07) is 15.1. The van der Waals surface area contributed by atoms with Crippen molar-refractivity contribution < 1.29 is 9.53 Å². The van der Waals surface area contributed by atoms with Crippen LogP contribution in [-0.2, 0) is 6.54 Å². The number of rotatable bonds is 5. The fourth-order valence-corrected chi connectivity index (χ4v) is 3.25. The largest absolute Gasteiger partial charge is 0.496 e. The predicted molar refractivity (Wildman–Crippen MR) is 100 cm³/mol. The molecular formula is C21H20N2O3.